The number of carbonyl (C=O) groups excluding carboxylic acids is 1. The van der Waals surface area contributed by atoms with E-state index < -0.39 is 26.6 Å². The Hall–Kier alpha value is -0.963. The number of rotatable bonds is 17. The van der Waals surface area contributed by atoms with E-state index in [9.17, 15) is 14.7 Å². The third kappa shape index (κ3) is 9.69. The molecule has 2 N–H and O–H groups in total. The molecule has 8 heteroatoms. The Bertz CT molecular complexity index is 409. The summed E-state index contributed by atoms with van der Waals surface area (Å²) in [6.07, 6.45) is 6.39. The molecule has 160 valence electrons. The summed E-state index contributed by atoms with van der Waals surface area (Å²) in [4.78, 5) is 24.5. The highest BCUT2D eigenvalue weighted by molar-refractivity contribution is 6.60. The summed E-state index contributed by atoms with van der Waals surface area (Å²) in [6, 6.07) is 0.527. The van der Waals surface area contributed by atoms with E-state index in [1.54, 1.807) is 21.3 Å². The van der Waals surface area contributed by atoms with Crippen LogP contribution < -0.4 is 5.32 Å². The molecule has 2 atom stereocenters. The number of hydrogen-bond acceptors (Lipinski definition) is 5. The molecular formula is C19H39NO6Si. The minimum absolute atomic E-state index is 0.138. The molecule has 0 rings (SSSR count). The highest BCUT2D eigenvalue weighted by atomic mass is 28.4. The van der Waals surface area contributed by atoms with E-state index >= 15 is 0 Å². The molecule has 0 spiro atoms. The van der Waals surface area contributed by atoms with Crippen molar-refractivity contribution in [3.8, 4) is 0 Å². The maximum Gasteiger partial charge on any atom is 0.500 e. The fourth-order valence-electron chi connectivity index (χ4n) is 3.25. The van der Waals surface area contributed by atoms with Crippen molar-refractivity contribution in [3.63, 3.8) is 0 Å². The summed E-state index contributed by atoms with van der Waals surface area (Å²) in [5.74, 6) is -2.27. The maximum absolute atomic E-state index is 12.6. The molecule has 1 amide bonds. The summed E-state index contributed by atoms with van der Waals surface area (Å²) in [5, 5.41) is 12.7. The Labute approximate surface area is 165 Å². The van der Waals surface area contributed by atoms with Gasteiger partial charge < -0.3 is 23.7 Å². The average Bonchev–Trinajstić information content (AvgIpc) is 2.67. The molecule has 0 aromatic rings. The van der Waals surface area contributed by atoms with Crippen LogP contribution in [0.15, 0.2) is 0 Å². The predicted molar refractivity (Wildman–Crippen MR) is 107 cm³/mol. The van der Waals surface area contributed by atoms with Gasteiger partial charge in [-0.1, -0.05) is 39.5 Å². The van der Waals surface area contributed by atoms with Gasteiger partial charge in [0.1, 0.15) is 0 Å². The van der Waals surface area contributed by atoms with Gasteiger partial charge in [0.25, 0.3) is 0 Å². The third-order valence-corrected chi connectivity index (χ3v) is 7.85. The van der Waals surface area contributed by atoms with Crippen molar-refractivity contribution in [1.82, 2.24) is 5.32 Å². The van der Waals surface area contributed by atoms with E-state index in [1.807, 2.05) is 6.92 Å². The Balaban J connectivity index is 4.95. The number of hydrogen-bond donors (Lipinski definition) is 2. The van der Waals surface area contributed by atoms with Gasteiger partial charge in [-0.15, -0.1) is 0 Å². The molecule has 0 aromatic heterocycles. The first-order valence-electron chi connectivity index (χ1n) is 10.1. The number of amides is 1. The van der Waals surface area contributed by atoms with Gasteiger partial charge >= 0.3 is 14.8 Å². The third-order valence-electron chi connectivity index (χ3n) is 5.02. The highest BCUT2D eigenvalue weighted by Crippen LogP contribution is 2.27. The van der Waals surface area contributed by atoms with Gasteiger partial charge in [-0.3, -0.25) is 9.59 Å². The zero-order valence-electron chi connectivity index (χ0n) is 17.7. The normalized spacial score (nSPS) is 14.0. The minimum Gasteiger partial charge on any atom is -0.481 e. The molecule has 0 aliphatic carbocycles. The van der Waals surface area contributed by atoms with Crippen LogP contribution in [0.3, 0.4) is 0 Å². The second kappa shape index (κ2) is 15.0. The first kappa shape index (κ1) is 26.0. The number of nitrogens with one attached hydrogen (secondary N) is 1. The summed E-state index contributed by atoms with van der Waals surface area (Å²) in [5.41, 5.74) is 0. The predicted octanol–water partition coefficient (Wildman–Crippen LogP) is 3.46. The molecule has 0 saturated heterocycles. The number of carboxylic acids is 1. The Morgan fingerprint density at radius 3 is 1.93 bits per heavy atom. The largest absolute Gasteiger partial charge is 0.500 e. The van der Waals surface area contributed by atoms with E-state index in [0.29, 0.717) is 31.9 Å². The van der Waals surface area contributed by atoms with Crippen LogP contribution >= 0.6 is 0 Å². The minimum atomic E-state index is -2.73. The smallest absolute Gasteiger partial charge is 0.481 e. The van der Waals surface area contributed by atoms with Gasteiger partial charge in [0.2, 0.25) is 5.91 Å². The maximum atomic E-state index is 12.6. The van der Waals surface area contributed by atoms with Crippen LogP contribution in [0, 0.1) is 11.8 Å². The van der Waals surface area contributed by atoms with Crippen LogP contribution in [-0.4, -0.2) is 53.7 Å². The monoisotopic (exact) mass is 405 g/mol. The summed E-state index contributed by atoms with van der Waals surface area (Å²) in [6.45, 7) is 4.76. The van der Waals surface area contributed by atoms with Crippen LogP contribution in [0.4, 0.5) is 0 Å². The molecule has 0 saturated carbocycles. The van der Waals surface area contributed by atoms with Crippen LogP contribution in [0.1, 0.15) is 65.2 Å². The molecule has 0 aliphatic heterocycles. The number of carbonyl (C=O) groups is 2. The molecule has 27 heavy (non-hydrogen) atoms. The van der Waals surface area contributed by atoms with Crippen molar-refractivity contribution in [2.75, 3.05) is 27.9 Å². The van der Waals surface area contributed by atoms with Crippen molar-refractivity contribution in [2.45, 2.75) is 71.3 Å². The average molecular weight is 406 g/mol. The number of carboxylic acid groups (broad SMARTS) is 1. The van der Waals surface area contributed by atoms with Gasteiger partial charge in [-0.2, -0.15) is 0 Å². The quantitative estimate of drug-likeness (QED) is 0.284. The zero-order valence-corrected chi connectivity index (χ0v) is 18.7. The second-order valence-electron chi connectivity index (χ2n) is 6.88. The van der Waals surface area contributed by atoms with Crippen molar-refractivity contribution in [1.29, 1.82) is 0 Å². The molecule has 0 fully saturated rings. The van der Waals surface area contributed by atoms with Crippen LogP contribution in [0.5, 0.6) is 0 Å². The second-order valence-corrected chi connectivity index (χ2v) is 9.97. The van der Waals surface area contributed by atoms with Crippen molar-refractivity contribution in [2.24, 2.45) is 11.8 Å². The topological polar surface area (TPSA) is 94.1 Å². The molecule has 0 radical (unpaired) electrons. The van der Waals surface area contributed by atoms with Gasteiger partial charge in [0, 0.05) is 33.9 Å². The molecule has 0 heterocycles. The first-order valence-corrected chi connectivity index (χ1v) is 12.0. The number of aliphatic carboxylic acids is 1. The van der Waals surface area contributed by atoms with Crippen molar-refractivity contribution >= 4 is 20.7 Å². The standard InChI is InChI=1S/C19H39NO6Si/c1-6-8-10-14-20-18(21)16(12-9-7-2)17(19(22)23)13-11-15-27(24-3,25-4)26-5/h16-17H,6-15H2,1-5H3,(H,20,21)(H,22,23). The summed E-state index contributed by atoms with van der Waals surface area (Å²) < 4.78 is 16.2. The molecule has 0 bridgehead atoms. The molecule has 7 nitrogen and oxygen atoms in total. The lowest BCUT2D eigenvalue weighted by molar-refractivity contribution is -0.148. The summed E-state index contributed by atoms with van der Waals surface area (Å²) in [7, 11) is 1.90. The van der Waals surface area contributed by atoms with E-state index in [2.05, 4.69) is 12.2 Å². The zero-order chi connectivity index (χ0) is 20.7. The molecule has 0 aromatic carbocycles. The van der Waals surface area contributed by atoms with E-state index in [1.165, 1.54) is 0 Å². The van der Waals surface area contributed by atoms with E-state index in [0.717, 1.165) is 32.1 Å². The SMILES string of the molecule is CCCCCNC(=O)C(CCCC)C(CCC[Si](OC)(OC)OC)C(=O)O. The molecule has 0 aliphatic rings. The van der Waals surface area contributed by atoms with Gasteiger partial charge in [0.05, 0.1) is 11.8 Å². The van der Waals surface area contributed by atoms with Crippen molar-refractivity contribution in [3.05, 3.63) is 0 Å². The van der Waals surface area contributed by atoms with Gasteiger partial charge in [-0.05, 0) is 25.7 Å². The fourth-order valence-corrected chi connectivity index (χ4v) is 5.00. The highest BCUT2D eigenvalue weighted by Gasteiger charge is 2.39. The Morgan fingerprint density at radius 1 is 0.889 bits per heavy atom. The molecular weight excluding hydrogens is 366 g/mol. The summed E-state index contributed by atoms with van der Waals surface area (Å²) >= 11 is 0. The Kier molecular flexibility index (Phi) is 14.5. The van der Waals surface area contributed by atoms with E-state index in [-0.39, 0.29) is 5.91 Å². The number of unbranched alkanes of at least 4 members (excludes halogenated alkanes) is 3. The van der Waals surface area contributed by atoms with Crippen molar-refractivity contribution < 1.29 is 28.0 Å². The van der Waals surface area contributed by atoms with Crippen LogP contribution in [-0.2, 0) is 22.9 Å². The van der Waals surface area contributed by atoms with E-state index in [4.69, 9.17) is 13.3 Å². The van der Waals surface area contributed by atoms with Gasteiger partial charge in [0.15, 0.2) is 0 Å². The Morgan fingerprint density at radius 2 is 1.44 bits per heavy atom. The lowest BCUT2D eigenvalue weighted by atomic mass is 9.84. The molecule has 2 unspecified atom stereocenters. The van der Waals surface area contributed by atoms with Crippen LogP contribution in [0.2, 0.25) is 6.04 Å². The lowest BCUT2D eigenvalue weighted by Crippen LogP contribution is -2.43. The fraction of sp³-hybridized carbons (Fsp3) is 0.895. The lowest BCUT2D eigenvalue weighted by Gasteiger charge is -2.26. The first-order chi connectivity index (χ1) is 12.9. The van der Waals surface area contributed by atoms with Gasteiger partial charge in [-0.25, -0.2) is 0 Å². The van der Waals surface area contributed by atoms with Crippen LogP contribution in [0.25, 0.3) is 0 Å².